The lowest BCUT2D eigenvalue weighted by Crippen LogP contribution is -2.53. The summed E-state index contributed by atoms with van der Waals surface area (Å²) in [4.78, 5) is 0. The van der Waals surface area contributed by atoms with Crippen LogP contribution >= 0.6 is 0 Å². The monoisotopic (exact) mass is 264 g/mol. The molecular formula is C12H8Si4. The third-order valence-electron chi connectivity index (χ3n) is 2.52. The topological polar surface area (TPSA) is 0 Å². The number of benzene rings is 2. The molecule has 2 aromatic carbocycles. The molecule has 3 rings (SSSR count). The molecule has 0 bridgehead atoms. The Morgan fingerprint density at radius 1 is 0.562 bits per heavy atom. The molecule has 0 aromatic heterocycles. The summed E-state index contributed by atoms with van der Waals surface area (Å²) in [7, 11) is 3.98. The molecule has 0 atom stereocenters. The van der Waals surface area contributed by atoms with Crippen LogP contribution in [0.1, 0.15) is 0 Å². The van der Waals surface area contributed by atoms with Crippen molar-refractivity contribution in [3.63, 3.8) is 0 Å². The van der Waals surface area contributed by atoms with Gasteiger partial charge in [0, 0.05) is 8.55 Å². The first kappa shape index (κ1) is 10.5. The molecule has 2 aromatic rings. The zero-order chi connectivity index (χ0) is 10.8. The van der Waals surface area contributed by atoms with Crippen LogP contribution in [-0.4, -0.2) is 36.1 Å². The maximum Gasteiger partial charge on any atom is 0.121 e. The van der Waals surface area contributed by atoms with E-state index in [9.17, 15) is 0 Å². The zero-order valence-corrected chi connectivity index (χ0v) is 12.6. The van der Waals surface area contributed by atoms with E-state index in [0.29, 0.717) is 0 Å². The van der Waals surface area contributed by atoms with E-state index in [-0.39, 0.29) is 0 Å². The summed E-state index contributed by atoms with van der Waals surface area (Å²) >= 11 is 0. The van der Waals surface area contributed by atoms with Gasteiger partial charge in [0.25, 0.3) is 0 Å². The first-order valence-corrected chi connectivity index (χ1v) is 11.2. The molecule has 0 spiro atoms. The van der Waals surface area contributed by atoms with Crippen LogP contribution in [0.25, 0.3) is 0 Å². The minimum absolute atomic E-state index is 0.851. The molecule has 0 saturated carbocycles. The van der Waals surface area contributed by atoms with Crippen LogP contribution in [0.2, 0.25) is 0 Å². The summed E-state index contributed by atoms with van der Waals surface area (Å²) in [6.45, 7) is 0. The van der Waals surface area contributed by atoms with Crippen LogP contribution in [0, 0.1) is 0 Å². The molecule has 8 radical (unpaired) electrons. The van der Waals surface area contributed by atoms with Gasteiger partial charge in [-0.1, -0.05) is 69.3 Å². The summed E-state index contributed by atoms with van der Waals surface area (Å²) in [5, 5.41) is 6.32. The minimum atomic E-state index is 0.851. The van der Waals surface area contributed by atoms with E-state index in [0.717, 1.165) is 36.1 Å². The van der Waals surface area contributed by atoms with Gasteiger partial charge >= 0.3 is 0 Å². The molecule has 1 heterocycles. The van der Waals surface area contributed by atoms with Gasteiger partial charge in [0.2, 0.25) is 0 Å². The first-order chi connectivity index (χ1) is 7.93. The maximum atomic E-state index is 2.31. The molecule has 0 aliphatic carbocycles. The van der Waals surface area contributed by atoms with E-state index in [4.69, 9.17) is 0 Å². The average Bonchev–Trinajstić information content (AvgIpc) is 2.29. The standard InChI is InChI=1S/C12H8Si4/c1-3-7-11-9(5-1)13-10-6-2-4-8-12(10)15-16-14-11/h1-8H. The van der Waals surface area contributed by atoms with Gasteiger partial charge < -0.3 is 0 Å². The zero-order valence-electron chi connectivity index (χ0n) is 8.62. The Morgan fingerprint density at radius 2 is 1.00 bits per heavy atom. The van der Waals surface area contributed by atoms with E-state index in [2.05, 4.69) is 48.5 Å². The van der Waals surface area contributed by atoms with Crippen molar-refractivity contribution < 1.29 is 0 Å². The van der Waals surface area contributed by atoms with Crippen molar-refractivity contribution in [1.29, 1.82) is 0 Å². The molecule has 0 fully saturated rings. The van der Waals surface area contributed by atoms with Crippen molar-refractivity contribution in [3.8, 4) is 0 Å². The molecule has 0 saturated heterocycles. The predicted octanol–water partition coefficient (Wildman–Crippen LogP) is -1.45. The van der Waals surface area contributed by atoms with Crippen molar-refractivity contribution in [2.45, 2.75) is 0 Å². The Kier molecular flexibility index (Phi) is 3.05. The fourth-order valence-corrected chi connectivity index (χ4v) is 10.7. The third-order valence-corrected chi connectivity index (χ3v) is 10.7. The van der Waals surface area contributed by atoms with E-state index in [1.165, 1.54) is 0 Å². The van der Waals surface area contributed by atoms with Crippen LogP contribution in [0.3, 0.4) is 0 Å². The Morgan fingerprint density at radius 3 is 1.50 bits per heavy atom. The van der Waals surface area contributed by atoms with Gasteiger partial charge in [0.1, 0.15) is 9.52 Å². The second-order valence-electron chi connectivity index (χ2n) is 3.59. The van der Waals surface area contributed by atoms with Crippen LogP contribution in [0.15, 0.2) is 48.5 Å². The van der Waals surface area contributed by atoms with E-state index >= 15 is 0 Å². The summed E-state index contributed by atoms with van der Waals surface area (Å²) in [6, 6.07) is 17.9. The third kappa shape index (κ3) is 2.06. The van der Waals surface area contributed by atoms with E-state index in [1.807, 2.05) is 0 Å². The highest BCUT2D eigenvalue weighted by Gasteiger charge is 2.12. The Hall–Kier alpha value is -0.692. The van der Waals surface area contributed by atoms with Gasteiger partial charge in [-0.2, -0.15) is 0 Å². The molecule has 0 nitrogen and oxygen atoms in total. The first-order valence-electron chi connectivity index (χ1n) is 5.15. The summed E-state index contributed by atoms with van der Waals surface area (Å²) < 4.78 is 0. The molecule has 0 amide bonds. The largest absolute Gasteiger partial charge is 0.121 e. The van der Waals surface area contributed by atoms with E-state index in [1.54, 1.807) is 20.7 Å². The fraction of sp³-hybridized carbons (Fsp3) is 0. The molecule has 1 aliphatic heterocycles. The fourth-order valence-electron chi connectivity index (χ4n) is 1.71. The summed E-state index contributed by atoms with van der Waals surface area (Å²) in [6.07, 6.45) is 0. The summed E-state index contributed by atoms with van der Waals surface area (Å²) in [5.41, 5.74) is 0. The Balaban J connectivity index is 2.06. The summed E-state index contributed by atoms with van der Waals surface area (Å²) in [5.74, 6) is 0. The van der Waals surface area contributed by atoms with Crippen molar-refractivity contribution in [1.82, 2.24) is 0 Å². The second kappa shape index (κ2) is 4.66. The van der Waals surface area contributed by atoms with Gasteiger partial charge in [-0.3, -0.25) is 0 Å². The maximum absolute atomic E-state index is 2.31. The molecule has 1 aliphatic rings. The quantitative estimate of drug-likeness (QED) is 0.511. The van der Waals surface area contributed by atoms with Gasteiger partial charge in [0.15, 0.2) is 0 Å². The highest BCUT2D eigenvalue weighted by molar-refractivity contribution is 7.36. The van der Waals surface area contributed by atoms with Crippen LogP contribution in [-0.2, 0) is 0 Å². The van der Waals surface area contributed by atoms with E-state index < -0.39 is 0 Å². The normalized spacial score (nSPS) is 14.5. The van der Waals surface area contributed by atoms with Crippen molar-refractivity contribution >= 4 is 56.9 Å². The van der Waals surface area contributed by atoms with Gasteiger partial charge in [0.05, 0.1) is 18.1 Å². The number of hydrogen-bond acceptors (Lipinski definition) is 0. The predicted molar refractivity (Wildman–Crippen MR) is 74.4 cm³/mol. The highest BCUT2D eigenvalue weighted by atomic mass is 29.5. The van der Waals surface area contributed by atoms with Gasteiger partial charge in [-0.05, 0) is 0 Å². The molecule has 0 unspecified atom stereocenters. The molecule has 0 N–H and O–H groups in total. The van der Waals surface area contributed by atoms with Crippen molar-refractivity contribution in [2.75, 3.05) is 0 Å². The van der Waals surface area contributed by atoms with Crippen LogP contribution in [0.5, 0.6) is 0 Å². The van der Waals surface area contributed by atoms with Gasteiger partial charge in [-0.15, -0.1) is 0 Å². The molecule has 4 heteroatoms. The lowest BCUT2D eigenvalue weighted by atomic mass is 10.3. The average molecular weight is 265 g/mol. The number of rotatable bonds is 0. The highest BCUT2D eigenvalue weighted by Crippen LogP contribution is 1.85. The minimum Gasteiger partial charge on any atom is -0.0689 e. The lowest BCUT2D eigenvalue weighted by Gasteiger charge is -2.14. The molecule has 72 valence electrons. The lowest BCUT2D eigenvalue weighted by molar-refractivity contribution is 1.80. The number of hydrogen-bond donors (Lipinski definition) is 0. The molecular weight excluding hydrogens is 256 g/mol. The Labute approximate surface area is 105 Å². The SMILES string of the molecule is c1ccc2c(c1)[Si][Si][Si]c1ccccc1[Si]2. The number of fused-ring (bicyclic) bond motifs is 2. The molecule has 16 heavy (non-hydrogen) atoms. The second-order valence-corrected chi connectivity index (χ2v) is 11.2. The smallest absolute Gasteiger partial charge is 0.0689 e. The Bertz CT molecular complexity index is 464. The van der Waals surface area contributed by atoms with Crippen molar-refractivity contribution in [3.05, 3.63) is 48.5 Å². The van der Waals surface area contributed by atoms with Crippen molar-refractivity contribution in [2.24, 2.45) is 0 Å². The van der Waals surface area contributed by atoms with Gasteiger partial charge in [-0.25, -0.2) is 0 Å². The van der Waals surface area contributed by atoms with Crippen LogP contribution < -0.4 is 20.7 Å². The van der Waals surface area contributed by atoms with Crippen LogP contribution in [0.4, 0.5) is 0 Å².